The lowest BCUT2D eigenvalue weighted by atomic mass is 9.98. The molecule has 1 aromatic heterocycles. The molecule has 2 heterocycles. The van der Waals surface area contributed by atoms with Crippen LogP contribution in [0.5, 0.6) is 0 Å². The number of amides is 1. The van der Waals surface area contributed by atoms with E-state index >= 15 is 0 Å². The third-order valence-electron chi connectivity index (χ3n) is 3.89. The molecular weight excluding hydrogens is 329 g/mol. The van der Waals surface area contributed by atoms with Crippen molar-refractivity contribution in [3.05, 3.63) is 47.2 Å². The average molecular weight is 346 g/mol. The number of nitrogens with one attached hydrogen (secondary N) is 1. The third kappa shape index (κ3) is 3.52. The van der Waals surface area contributed by atoms with E-state index in [1.54, 1.807) is 24.6 Å². The van der Waals surface area contributed by atoms with Gasteiger partial charge in [-0.1, -0.05) is 24.6 Å². The summed E-state index contributed by atoms with van der Waals surface area (Å²) in [5, 5.41) is 3.25. The van der Waals surface area contributed by atoms with E-state index in [1.165, 1.54) is 6.07 Å². The fourth-order valence-corrected chi connectivity index (χ4v) is 3.65. The van der Waals surface area contributed by atoms with Crippen LogP contribution in [0.25, 0.3) is 10.4 Å². The maximum atomic E-state index is 14.1. The van der Waals surface area contributed by atoms with Gasteiger partial charge in [-0.25, -0.2) is 9.37 Å². The number of benzene rings is 1. The second-order valence-electron chi connectivity index (χ2n) is 5.63. The number of thiazole rings is 1. The van der Waals surface area contributed by atoms with Crippen molar-refractivity contribution in [2.45, 2.75) is 25.3 Å². The molecule has 1 saturated heterocycles. The summed E-state index contributed by atoms with van der Waals surface area (Å²) in [6, 6.07) is 6.07. The summed E-state index contributed by atoms with van der Waals surface area (Å²) in [6.45, 7) is 0.859. The standard InChI is InChI=1S/C17H17FN3O2S/c18-12-7-2-1-6-11(12)15-14(21-17(24-15)16(19)23)13(22)9-10-5-3-4-8-20-10/h1-2,6-7,9-10,20H,3-5,8H2,(H2,19,23). The second-order valence-corrected chi connectivity index (χ2v) is 6.63. The summed E-state index contributed by atoms with van der Waals surface area (Å²) in [5.74, 6) is -1.52. The van der Waals surface area contributed by atoms with Gasteiger partial charge >= 0.3 is 0 Å². The van der Waals surface area contributed by atoms with E-state index in [2.05, 4.69) is 10.3 Å². The first-order valence-electron chi connectivity index (χ1n) is 7.74. The topological polar surface area (TPSA) is 85.1 Å². The summed E-state index contributed by atoms with van der Waals surface area (Å²) in [5.41, 5.74) is 5.60. The van der Waals surface area contributed by atoms with Gasteiger partial charge in [0, 0.05) is 11.6 Å². The van der Waals surface area contributed by atoms with Crippen LogP contribution in [-0.2, 0) is 0 Å². The Kier molecular flexibility index (Phi) is 5.01. The lowest BCUT2D eigenvalue weighted by molar-refractivity contribution is 0.0999. The van der Waals surface area contributed by atoms with Crippen molar-refractivity contribution in [1.82, 2.24) is 10.3 Å². The summed E-state index contributed by atoms with van der Waals surface area (Å²) in [4.78, 5) is 28.5. The zero-order valence-corrected chi connectivity index (χ0v) is 13.7. The number of hydrogen-bond acceptors (Lipinski definition) is 5. The first-order valence-corrected chi connectivity index (χ1v) is 8.56. The number of primary amides is 1. The summed E-state index contributed by atoms with van der Waals surface area (Å²) >= 11 is 0.938. The van der Waals surface area contributed by atoms with Gasteiger partial charge in [0.1, 0.15) is 11.5 Å². The molecule has 1 aromatic carbocycles. The SMILES string of the molecule is NC(=O)c1nc(C(=O)[CH]C2CCCCN2)c(-c2ccccc2F)s1. The molecule has 2 aromatic rings. The van der Waals surface area contributed by atoms with Gasteiger partial charge in [0.15, 0.2) is 10.8 Å². The first kappa shape index (κ1) is 16.7. The fourth-order valence-electron chi connectivity index (χ4n) is 2.70. The van der Waals surface area contributed by atoms with Gasteiger partial charge < -0.3 is 11.1 Å². The van der Waals surface area contributed by atoms with Gasteiger partial charge in [-0.3, -0.25) is 9.59 Å². The molecule has 24 heavy (non-hydrogen) atoms. The number of halogens is 1. The molecule has 3 N–H and O–H groups in total. The Labute approximate surface area is 143 Å². The molecule has 1 radical (unpaired) electrons. The molecular formula is C17H17FN3O2S. The van der Waals surface area contributed by atoms with Crippen LogP contribution in [-0.4, -0.2) is 29.3 Å². The predicted octanol–water partition coefficient (Wildman–Crippen LogP) is 2.58. The van der Waals surface area contributed by atoms with Gasteiger partial charge in [-0.2, -0.15) is 0 Å². The minimum absolute atomic E-state index is 0.00149. The zero-order chi connectivity index (χ0) is 17.1. The average Bonchev–Trinajstić information content (AvgIpc) is 3.02. The van der Waals surface area contributed by atoms with Crippen molar-refractivity contribution in [3.63, 3.8) is 0 Å². The van der Waals surface area contributed by atoms with E-state index in [9.17, 15) is 14.0 Å². The van der Waals surface area contributed by atoms with Crippen molar-refractivity contribution in [2.24, 2.45) is 5.73 Å². The minimum atomic E-state index is -0.729. The van der Waals surface area contributed by atoms with Crippen LogP contribution >= 0.6 is 11.3 Å². The number of ketones is 1. The monoisotopic (exact) mass is 346 g/mol. The Morgan fingerprint density at radius 1 is 1.33 bits per heavy atom. The van der Waals surface area contributed by atoms with Crippen LogP contribution in [0.1, 0.15) is 39.6 Å². The van der Waals surface area contributed by atoms with Gasteiger partial charge in [0.05, 0.1) is 11.3 Å². The van der Waals surface area contributed by atoms with Gasteiger partial charge in [-0.05, 0) is 25.5 Å². The highest BCUT2D eigenvalue weighted by Crippen LogP contribution is 2.33. The highest BCUT2D eigenvalue weighted by molar-refractivity contribution is 7.17. The molecule has 1 aliphatic heterocycles. The number of Topliss-reactive ketones (excluding diaryl/α,β-unsaturated/α-hetero) is 1. The minimum Gasteiger partial charge on any atom is -0.364 e. The van der Waals surface area contributed by atoms with E-state index in [0.29, 0.717) is 4.88 Å². The van der Waals surface area contributed by atoms with Gasteiger partial charge in [-0.15, -0.1) is 11.3 Å². The molecule has 1 amide bonds. The number of rotatable bonds is 5. The Morgan fingerprint density at radius 2 is 2.12 bits per heavy atom. The molecule has 1 fully saturated rings. The van der Waals surface area contributed by atoms with Gasteiger partial charge in [0.2, 0.25) is 0 Å². The predicted molar refractivity (Wildman–Crippen MR) is 90.3 cm³/mol. The van der Waals surface area contributed by atoms with Crippen LogP contribution in [0.15, 0.2) is 24.3 Å². The van der Waals surface area contributed by atoms with Crippen LogP contribution in [0.2, 0.25) is 0 Å². The quantitative estimate of drug-likeness (QED) is 0.815. The fraction of sp³-hybridized carbons (Fsp3) is 0.294. The molecule has 0 spiro atoms. The Morgan fingerprint density at radius 3 is 2.79 bits per heavy atom. The van der Waals surface area contributed by atoms with E-state index in [0.717, 1.165) is 37.1 Å². The molecule has 125 valence electrons. The Bertz CT molecular complexity index is 769. The maximum Gasteiger partial charge on any atom is 0.277 e. The number of piperidine rings is 1. The molecule has 1 unspecified atom stereocenters. The van der Waals surface area contributed by atoms with Crippen molar-refractivity contribution in [3.8, 4) is 10.4 Å². The van der Waals surface area contributed by atoms with E-state index < -0.39 is 11.7 Å². The molecule has 0 aliphatic carbocycles. The van der Waals surface area contributed by atoms with Crippen LogP contribution in [0, 0.1) is 12.2 Å². The van der Waals surface area contributed by atoms with E-state index in [4.69, 9.17) is 5.73 Å². The number of carbonyl (C=O) groups is 2. The smallest absolute Gasteiger partial charge is 0.277 e. The summed E-state index contributed by atoms with van der Waals surface area (Å²) < 4.78 is 14.1. The lowest BCUT2D eigenvalue weighted by Gasteiger charge is -2.22. The van der Waals surface area contributed by atoms with Gasteiger partial charge in [0.25, 0.3) is 5.91 Å². The van der Waals surface area contributed by atoms with Crippen molar-refractivity contribution in [2.75, 3.05) is 6.54 Å². The summed E-state index contributed by atoms with van der Waals surface area (Å²) in [7, 11) is 0. The maximum absolute atomic E-state index is 14.1. The summed E-state index contributed by atoms with van der Waals surface area (Å²) in [6.07, 6.45) is 4.56. The largest absolute Gasteiger partial charge is 0.364 e. The highest BCUT2D eigenvalue weighted by Gasteiger charge is 2.26. The van der Waals surface area contributed by atoms with E-state index in [1.807, 2.05) is 0 Å². The van der Waals surface area contributed by atoms with Crippen LogP contribution in [0.4, 0.5) is 4.39 Å². The number of carbonyl (C=O) groups excluding carboxylic acids is 2. The lowest BCUT2D eigenvalue weighted by Crippen LogP contribution is -2.36. The molecule has 0 saturated carbocycles. The third-order valence-corrected chi connectivity index (χ3v) is 4.99. The van der Waals surface area contributed by atoms with Crippen LogP contribution < -0.4 is 11.1 Å². The number of nitrogens with zero attached hydrogens (tertiary/aromatic N) is 1. The molecule has 5 nitrogen and oxygen atoms in total. The van der Waals surface area contributed by atoms with E-state index in [-0.39, 0.29) is 28.1 Å². The molecule has 0 bridgehead atoms. The van der Waals surface area contributed by atoms with Crippen molar-refractivity contribution >= 4 is 23.0 Å². The first-order chi connectivity index (χ1) is 11.6. The normalized spacial score (nSPS) is 17.6. The van der Waals surface area contributed by atoms with Crippen molar-refractivity contribution in [1.29, 1.82) is 0 Å². The zero-order valence-electron chi connectivity index (χ0n) is 12.9. The number of nitrogens with two attached hydrogens (primary N) is 1. The van der Waals surface area contributed by atoms with Crippen LogP contribution in [0.3, 0.4) is 0 Å². The number of aromatic nitrogens is 1. The molecule has 7 heteroatoms. The molecule has 3 rings (SSSR count). The second kappa shape index (κ2) is 7.19. The van der Waals surface area contributed by atoms with Crippen molar-refractivity contribution < 1.29 is 14.0 Å². The Balaban J connectivity index is 1.95. The molecule has 1 aliphatic rings. The Hall–Kier alpha value is -2.12. The highest BCUT2D eigenvalue weighted by atomic mass is 32.1. The number of hydrogen-bond donors (Lipinski definition) is 2. The molecule has 1 atom stereocenters.